The third kappa shape index (κ3) is 4.05. The molecule has 3 aromatic rings. The maximum Gasteiger partial charge on any atom is 0.210 e. The summed E-state index contributed by atoms with van der Waals surface area (Å²) in [4.78, 5) is 23.9. The first kappa shape index (κ1) is 24.1. The Balaban J connectivity index is 0.00000130. The minimum atomic E-state index is -0.583. The predicted molar refractivity (Wildman–Crippen MR) is 136 cm³/mol. The van der Waals surface area contributed by atoms with Crippen LogP contribution in [0.3, 0.4) is 0 Å². The lowest BCUT2D eigenvalue weighted by atomic mass is 9.89. The van der Waals surface area contributed by atoms with Gasteiger partial charge in [-0.2, -0.15) is 0 Å². The van der Waals surface area contributed by atoms with Gasteiger partial charge in [-0.1, -0.05) is 24.3 Å². The molecule has 0 saturated heterocycles. The molecule has 3 aromatic carbocycles. The third-order valence-corrected chi connectivity index (χ3v) is 7.26. The van der Waals surface area contributed by atoms with Crippen LogP contribution in [0.1, 0.15) is 57.8 Å². The zero-order valence-electron chi connectivity index (χ0n) is 20.8. The number of fused-ring (bicyclic) bond motifs is 2. The predicted octanol–water partition coefficient (Wildman–Crippen LogP) is 5.33. The Kier molecular flexibility index (Phi) is 6.31. The maximum atomic E-state index is 13.0. The maximum absolute atomic E-state index is 13.0. The van der Waals surface area contributed by atoms with Gasteiger partial charge in [-0.25, -0.2) is 0 Å². The van der Waals surface area contributed by atoms with Gasteiger partial charge in [-0.05, 0) is 72.7 Å². The molecule has 3 aliphatic rings. The molecule has 1 spiro atoms. The molecule has 0 amide bonds. The summed E-state index contributed by atoms with van der Waals surface area (Å²) in [6.07, 6.45) is 3.04. The van der Waals surface area contributed by atoms with Crippen molar-refractivity contribution in [3.8, 4) is 28.4 Å². The number of Topliss-reactive ketones (excluding diaryl/α,β-unsaturated/α-hetero) is 1. The summed E-state index contributed by atoms with van der Waals surface area (Å²) in [6.45, 7) is 5.04. The van der Waals surface area contributed by atoms with Gasteiger partial charge in [0.2, 0.25) is 5.78 Å². The zero-order valence-corrected chi connectivity index (χ0v) is 20.8. The van der Waals surface area contributed by atoms with Gasteiger partial charge < -0.3 is 24.1 Å². The van der Waals surface area contributed by atoms with Gasteiger partial charge in [0.25, 0.3) is 0 Å². The topological polar surface area (TPSA) is 82.1 Å². The van der Waals surface area contributed by atoms with Crippen LogP contribution in [0.5, 0.6) is 17.2 Å². The van der Waals surface area contributed by atoms with E-state index in [0.717, 1.165) is 82.4 Å². The smallest absolute Gasteiger partial charge is 0.210 e. The van der Waals surface area contributed by atoms with Crippen LogP contribution in [-0.2, 0) is 11.4 Å². The molecule has 1 unspecified atom stereocenters. The molecule has 0 radical (unpaired) electrons. The minimum Gasteiger partial charge on any atom is -0.492 e. The normalized spacial score (nSPS) is 17.9. The second kappa shape index (κ2) is 9.43. The van der Waals surface area contributed by atoms with E-state index in [-0.39, 0.29) is 11.7 Å². The highest BCUT2D eigenvalue weighted by Crippen LogP contribution is 2.52. The Morgan fingerprint density at radius 2 is 1.86 bits per heavy atom. The summed E-state index contributed by atoms with van der Waals surface area (Å²) in [5.74, 6) is 2.52. The van der Waals surface area contributed by atoms with Crippen molar-refractivity contribution in [3.63, 3.8) is 0 Å². The lowest BCUT2D eigenvalue weighted by Gasteiger charge is -2.15. The van der Waals surface area contributed by atoms with Crippen LogP contribution in [0.15, 0.2) is 48.5 Å². The van der Waals surface area contributed by atoms with E-state index in [1.54, 1.807) is 0 Å². The van der Waals surface area contributed by atoms with E-state index in [1.165, 1.54) is 0 Å². The fourth-order valence-corrected chi connectivity index (χ4v) is 5.32. The van der Waals surface area contributed by atoms with Gasteiger partial charge in [0.05, 0.1) is 12.2 Å². The molecule has 6 nitrogen and oxygen atoms in total. The summed E-state index contributed by atoms with van der Waals surface area (Å²) in [7, 11) is 1.00. The molecule has 6 rings (SSSR count). The molecule has 2 aliphatic heterocycles. The third-order valence-electron chi connectivity index (χ3n) is 7.26. The van der Waals surface area contributed by atoms with E-state index in [2.05, 4.69) is 19.1 Å². The average molecular weight is 487 g/mol. The average Bonchev–Trinajstić information content (AvgIpc) is 3.48. The van der Waals surface area contributed by atoms with E-state index < -0.39 is 5.60 Å². The first-order valence-corrected chi connectivity index (χ1v) is 12.2. The number of ketones is 1. The van der Waals surface area contributed by atoms with E-state index in [1.807, 2.05) is 43.3 Å². The van der Waals surface area contributed by atoms with Crippen molar-refractivity contribution < 1.29 is 28.9 Å². The van der Waals surface area contributed by atoms with Gasteiger partial charge in [0.15, 0.2) is 5.60 Å². The molecule has 36 heavy (non-hydrogen) atoms. The van der Waals surface area contributed by atoms with Gasteiger partial charge in [0, 0.05) is 31.1 Å². The number of ether oxygens (including phenoxy) is 3. The number of carbonyl (C=O) groups excluding carboxylic acids is 2. The molecule has 2 heterocycles. The number of hydrogen-bond donors (Lipinski definition) is 1. The van der Waals surface area contributed by atoms with Crippen molar-refractivity contribution in [2.45, 2.75) is 51.2 Å². The van der Waals surface area contributed by atoms with Crippen molar-refractivity contribution in [1.82, 2.24) is 0 Å². The number of aliphatic hydroxyl groups is 1. The summed E-state index contributed by atoms with van der Waals surface area (Å²) < 4.78 is 17.9. The number of benzene rings is 3. The summed E-state index contributed by atoms with van der Waals surface area (Å²) in [6, 6.07) is 16.1. The molecule has 1 atom stereocenters. The summed E-state index contributed by atoms with van der Waals surface area (Å²) in [5.41, 5.74) is 6.50. The Hall–Kier alpha value is -3.64. The van der Waals surface area contributed by atoms with Gasteiger partial charge in [0.1, 0.15) is 30.1 Å². The Labute approximate surface area is 210 Å². The second-order valence-electron chi connectivity index (χ2n) is 9.59. The fraction of sp³-hybridized carbons (Fsp3) is 0.333. The molecular formula is C30H30O6. The van der Waals surface area contributed by atoms with E-state index in [0.29, 0.717) is 19.6 Å². The second-order valence-corrected chi connectivity index (χ2v) is 9.59. The van der Waals surface area contributed by atoms with Crippen molar-refractivity contribution >= 4 is 12.1 Å². The zero-order chi connectivity index (χ0) is 25.4. The van der Waals surface area contributed by atoms with Crippen LogP contribution in [0, 0.1) is 13.8 Å². The molecule has 186 valence electrons. The number of aldehydes is 1. The lowest BCUT2D eigenvalue weighted by Crippen LogP contribution is -2.22. The monoisotopic (exact) mass is 486 g/mol. The molecular weight excluding hydrogens is 456 g/mol. The van der Waals surface area contributed by atoms with Crippen molar-refractivity contribution in [2.75, 3.05) is 13.7 Å². The summed E-state index contributed by atoms with van der Waals surface area (Å²) in [5, 5.41) is 7.00. The SMILES string of the molecule is CO.Cc1cc2c(c(C)c1-c1cccc(COc3ccc4c(c3)OCC4CC=O)c1)C(=O)C1(CC1)O2. The number of rotatable bonds is 6. The first-order chi connectivity index (χ1) is 17.5. The Bertz CT molecular complexity index is 1340. The number of hydrogen-bond acceptors (Lipinski definition) is 6. The number of carbonyl (C=O) groups is 2. The van der Waals surface area contributed by atoms with E-state index >= 15 is 0 Å². The molecule has 6 heteroatoms. The highest BCUT2D eigenvalue weighted by Gasteiger charge is 2.58. The van der Waals surface area contributed by atoms with Crippen LogP contribution in [0.4, 0.5) is 0 Å². The van der Waals surface area contributed by atoms with Gasteiger partial charge in [-0.3, -0.25) is 4.79 Å². The molecule has 0 aromatic heterocycles. The van der Waals surface area contributed by atoms with Crippen molar-refractivity contribution in [3.05, 3.63) is 76.3 Å². The quantitative estimate of drug-likeness (QED) is 0.474. The van der Waals surface area contributed by atoms with E-state index in [4.69, 9.17) is 19.3 Å². The standard InChI is InChI=1S/C29H26O5.CH4O/c1-17-12-25-27(28(31)29(34-25)9-10-29)18(2)26(17)20-5-3-4-19(13-20)15-32-22-6-7-23-21(8-11-30)16-33-24(23)14-22;1-2/h3-7,11-14,21H,8-10,15-16H2,1-2H3;2H,1H3. The van der Waals surface area contributed by atoms with E-state index in [9.17, 15) is 9.59 Å². The summed E-state index contributed by atoms with van der Waals surface area (Å²) >= 11 is 0. The van der Waals surface area contributed by atoms with Crippen LogP contribution < -0.4 is 14.2 Å². The number of aliphatic hydroxyl groups excluding tert-OH is 1. The molecule has 1 saturated carbocycles. The fourth-order valence-electron chi connectivity index (χ4n) is 5.32. The number of aryl methyl sites for hydroxylation is 1. The largest absolute Gasteiger partial charge is 0.492 e. The van der Waals surface area contributed by atoms with Crippen LogP contribution >= 0.6 is 0 Å². The van der Waals surface area contributed by atoms with Gasteiger partial charge >= 0.3 is 0 Å². The molecule has 1 N–H and O–H groups in total. The highest BCUT2D eigenvalue weighted by atomic mass is 16.5. The Morgan fingerprint density at radius 1 is 1.06 bits per heavy atom. The van der Waals surface area contributed by atoms with Crippen LogP contribution in [0.2, 0.25) is 0 Å². The minimum absolute atomic E-state index is 0.129. The van der Waals surface area contributed by atoms with Gasteiger partial charge in [-0.15, -0.1) is 0 Å². The van der Waals surface area contributed by atoms with Crippen molar-refractivity contribution in [2.24, 2.45) is 0 Å². The van der Waals surface area contributed by atoms with Crippen molar-refractivity contribution in [1.29, 1.82) is 0 Å². The molecule has 1 aliphatic carbocycles. The molecule has 1 fully saturated rings. The van der Waals surface area contributed by atoms with Crippen LogP contribution in [-0.4, -0.2) is 36.5 Å². The highest BCUT2D eigenvalue weighted by molar-refractivity contribution is 6.11. The lowest BCUT2D eigenvalue weighted by molar-refractivity contribution is -0.108. The van der Waals surface area contributed by atoms with Crippen LogP contribution in [0.25, 0.3) is 11.1 Å². The first-order valence-electron chi connectivity index (χ1n) is 12.2. The Morgan fingerprint density at radius 3 is 2.61 bits per heavy atom. The molecule has 0 bridgehead atoms.